The maximum atomic E-state index is 13.5. The molecule has 152 valence electrons. The number of halogens is 1. The molecule has 3 N–H and O–H groups in total. The fraction of sp³-hybridized carbons (Fsp3) is 0.381. The molecule has 4 rings (SSSR count). The van der Waals surface area contributed by atoms with Gasteiger partial charge in [0.15, 0.2) is 0 Å². The van der Waals surface area contributed by atoms with E-state index >= 15 is 0 Å². The molecule has 0 unspecified atom stereocenters. The van der Waals surface area contributed by atoms with Crippen molar-refractivity contribution < 1.29 is 9.53 Å². The quantitative estimate of drug-likeness (QED) is 0.494. The van der Waals surface area contributed by atoms with Crippen molar-refractivity contribution >= 4 is 45.3 Å². The van der Waals surface area contributed by atoms with Crippen LogP contribution < -0.4 is 5.73 Å². The Bertz CT molecular complexity index is 1040. The zero-order valence-electron chi connectivity index (χ0n) is 16.5. The number of aromatic nitrogens is 3. The van der Waals surface area contributed by atoms with Crippen molar-refractivity contribution in [2.45, 2.75) is 52.5 Å². The summed E-state index contributed by atoms with van der Waals surface area (Å²) >= 11 is 2.23. The Kier molecular flexibility index (Phi) is 5.73. The molecule has 1 aliphatic heterocycles. The third kappa shape index (κ3) is 3.83. The number of fused-ring (bicyclic) bond motifs is 3. The third-order valence-electron chi connectivity index (χ3n) is 5.50. The van der Waals surface area contributed by atoms with Crippen molar-refractivity contribution in [3.63, 3.8) is 0 Å². The molecule has 0 fully saturated rings. The van der Waals surface area contributed by atoms with Crippen molar-refractivity contribution in [2.24, 2.45) is 0 Å². The van der Waals surface area contributed by atoms with E-state index < -0.39 is 0 Å². The van der Waals surface area contributed by atoms with Gasteiger partial charge in [-0.2, -0.15) is 0 Å². The Morgan fingerprint density at radius 3 is 2.76 bits per heavy atom. The van der Waals surface area contributed by atoms with Crippen molar-refractivity contribution in [2.75, 3.05) is 5.73 Å². The van der Waals surface area contributed by atoms with Crippen molar-refractivity contribution in [3.05, 3.63) is 50.5 Å². The van der Waals surface area contributed by atoms with E-state index in [0.29, 0.717) is 36.8 Å². The number of H-pyrrole nitrogens is 1. The summed E-state index contributed by atoms with van der Waals surface area (Å²) in [7, 11) is 0. The molecular weight excluding hydrogens is 481 g/mol. The molecule has 29 heavy (non-hydrogen) atoms. The number of nitrogens with one attached hydrogen (secondary N) is 1. The first-order chi connectivity index (χ1) is 14.0. The van der Waals surface area contributed by atoms with Gasteiger partial charge in [0.05, 0.1) is 36.5 Å². The molecule has 0 radical (unpaired) electrons. The number of pyridine rings is 2. The highest BCUT2D eigenvalue weighted by Crippen LogP contribution is 2.31. The number of anilines is 1. The van der Waals surface area contributed by atoms with Gasteiger partial charge >= 0.3 is 0 Å². The van der Waals surface area contributed by atoms with Crippen LogP contribution in [0.5, 0.6) is 0 Å². The van der Waals surface area contributed by atoms with Crippen LogP contribution in [0.2, 0.25) is 0 Å². The van der Waals surface area contributed by atoms with Crippen molar-refractivity contribution in [1.82, 2.24) is 19.9 Å². The summed E-state index contributed by atoms with van der Waals surface area (Å²) in [6.45, 7) is 5.62. The van der Waals surface area contributed by atoms with E-state index in [1.165, 1.54) is 0 Å². The highest BCUT2D eigenvalue weighted by molar-refractivity contribution is 14.1. The molecule has 1 aliphatic rings. The molecule has 8 heteroatoms. The lowest BCUT2D eigenvalue weighted by atomic mass is 10.1. The number of rotatable bonds is 6. The molecule has 1 amide bonds. The van der Waals surface area contributed by atoms with Crippen LogP contribution in [0.3, 0.4) is 0 Å². The number of aromatic amines is 1. The lowest BCUT2D eigenvalue weighted by Crippen LogP contribution is -2.39. The second-order valence-corrected chi connectivity index (χ2v) is 8.51. The number of ether oxygens (including phenoxy) is 1. The topological polar surface area (TPSA) is 97.1 Å². The number of hydrogen-bond donors (Lipinski definition) is 2. The predicted molar refractivity (Wildman–Crippen MR) is 120 cm³/mol. The summed E-state index contributed by atoms with van der Waals surface area (Å²) in [5.41, 5.74) is 10.9. The SMILES string of the molecule is CCC(CC)N(Cc1ccc(I)cn1)C(=O)c1cc2nc(N)c3c(c2[nH]1)COC3. The normalized spacial score (nSPS) is 13.2. The van der Waals surface area contributed by atoms with E-state index in [4.69, 9.17) is 10.5 Å². The van der Waals surface area contributed by atoms with E-state index in [9.17, 15) is 4.79 Å². The summed E-state index contributed by atoms with van der Waals surface area (Å²) in [6, 6.07) is 5.91. The van der Waals surface area contributed by atoms with E-state index in [1.54, 1.807) is 6.07 Å². The molecule has 0 aliphatic carbocycles. The molecular formula is C21H24IN5O2. The second-order valence-electron chi connectivity index (χ2n) is 7.26. The minimum atomic E-state index is -0.0525. The Morgan fingerprint density at radius 2 is 2.07 bits per heavy atom. The maximum absolute atomic E-state index is 13.5. The number of carbonyl (C=O) groups is 1. The zero-order chi connectivity index (χ0) is 20.5. The van der Waals surface area contributed by atoms with Crippen LogP contribution in [0.1, 0.15) is 54.0 Å². The number of nitrogens with zero attached hydrogens (tertiary/aromatic N) is 3. The fourth-order valence-corrected chi connectivity index (χ4v) is 4.20. The molecule has 7 nitrogen and oxygen atoms in total. The Morgan fingerprint density at radius 1 is 1.31 bits per heavy atom. The van der Waals surface area contributed by atoms with Crippen LogP contribution in [0.25, 0.3) is 11.0 Å². The Balaban J connectivity index is 1.71. The second kappa shape index (κ2) is 8.27. The first-order valence-electron chi connectivity index (χ1n) is 9.80. The summed E-state index contributed by atoms with van der Waals surface area (Å²) in [5, 5.41) is 0. The van der Waals surface area contributed by atoms with E-state index in [1.807, 2.05) is 23.2 Å². The minimum Gasteiger partial charge on any atom is -0.383 e. The van der Waals surface area contributed by atoms with Crippen LogP contribution in [0.4, 0.5) is 5.82 Å². The molecule has 0 saturated heterocycles. The molecule has 3 aromatic heterocycles. The maximum Gasteiger partial charge on any atom is 0.270 e. The van der Waals surface area contributed by atoms with Crippen molar-refractivity contribution in [1.29, 1.82) is 0 Å². The molecule has 0 atom stereocenters. The molecule has 3 aromatic rings. The standard InChI is InChI=1S/C21H24IN5O2/c1-3-14(4-2)27(9-13-6-5-12(22)8-24-13)21(28)18-7-17-19(25-18)15-10-29-11-16(15)20(23)26-17/h5-8,14,25H,3-4,9-11H2,1-2H3,(H2,23,26). The lowest BCUT2D eigenvalue weighted by molar-refractivity contribution is 0.0641. The highest BCUT2D eigenvalue weighted by Gasteiger charge is 2.27. The fourth-order valence-electron chi connectivity index (χ4n) is 3.88. The number of nitrogen functional groups attached to an aromatic ring is 1. The van der Waals surface area contributed by atoms with Gasteiger partial charge in [0, 0.05) is 26.9 Å². The summed E-state index contributed by atoms with van der Waals surface area (Å²) in [5.74, 6) is 0.422. The average molecular weight is 505 g/mol. The lowest BCUT2D eigenvalue weighted by Gasteiger charge is -2.30. The smallest absolute Gasteiger partial charge is 0.270 e. The number of carbonyl (C=O) groups excluding carboxylic acids is 1. The Hall–Kier alpha value is -2.20. The molecule has 0 saturated carbocycles. The van der Waals surface area contributed by atoms with Crippen LogP contribution in [0.15, 0.2) is 24.4 Å². The van der Waals surface area contributed by atoms with Gasteiger partial charge in [-0.3, -0.25) is 9.78 Å². The van der Waals surface area contributed by atoms with Gasteiger partial charge in [-0.05, 0) is 53.6 Å². The van der Waals surface area contributed by atoms with Gasteiger partial charge in [0.1, 0.15) is 11.5 Å². The van der Waals surface area contributed by atoms with E-state index in [-0.39, 0.29) is 11.9 Å². The zero-order valence-corrected chi connectivity index (χ0v) is 18.7. The molecule has 4 heterocycles. The van der Waals surface area contributed by atoms with E-state index in [2.05, 4.69) is 51.4 Å². The predicted octanol–water partition coefficient (Wildman–Crippen LogP) is 4.01. The number of nitrogens with two attached hydrogens (primary N) is 1. The molecule has 0 aromatic carbocycles. The first kappa shape index (κ1) is 20.1. The first-order valence-corrected chi connectivity index (χ1v) is 10.9. The summed E-state index contributed by atoms with van der Waals surface area (Å²) in [4.78, 5) is 27.7. The highest BCUT2D eigenvalue weighted by atomic mass is 127. The largest absolute Gasteiger partial charge is 0.383 e. The Labute approximate surface area is 183 Å². The average Bonchev–Trinajstić information content (AvgIpc) is 3.36. The van der Waals surface area contributed by atoms with Gasteiger partial charge < -0.3 is 20.4 Å². The monoisotopic (exact) mass is 505 g/mol. The van der Waals surface area contributed by atoms with Gasteiger partial charge in [-0.1, -0.05) is 13.8 Å². The van der Waals surface area contributed by atoms with Crippen LogP contribution in [-0.4, -0.2) is 31.8 Å². The van der Waals surface area contributed by atoms with Gasteiger partial charge in [0.25, 0.3) is 5.91 Å². The number of hydrogen-bond acceptors (Lipinski definition) is 5. The third-order valence-corrected chi connectivity index (χ3v) is 6.14. The van der Waals surface area contributed by atoms with Gasteiger partial charge in [0.2, 0.25) is 0 Å². The van der Waals surface area contributed by atoms with Gasteiger partial charge in [-0.15, -0.1) is 0 Å². The van der Waals surface area contributed by atoms with E-state index in [0.717, 1.165) is 38.7 Å². The van der Waals surface area contributed by atoms with Crippen LogP contribution >= 0.6 is 22.6 Å². The van der Waals surface area contributed by atoms with Crippen LogP contribution in [-0.2, 0) is 24.5 Å². The van der Waals surface area contributed by atoms with Crippen molar-refractivity contribution in [3.8, 4) is 0 Å². The minimum absolute atomic E-state index is 0.0525. The number of amides is 1. The van der Waals surface area contributed by atoms with Gasteiger partial charge in [-0.25, -0.2) is 4.98 Å². The van der Waals surface area contributed by atoms with Crippen LogP contribution in [0, 0.1) is 3.57 Å². The summed E-state index contributed by atoms with van der Waals surface area (Å²) < 4.78 is 6.61. The summed E-state index contributed by atoms with van der Waals surface area (Å²) in [6.07, 6.45) is 3.58. The molecule has 0 bridgehead atoms. The molecule has 0 spiro atoms.